The van der Waals surface area contributed by atoms with Gasteiger partial charge in [-0.15, -0.1) is 0 Å². The van der Waals surface area contributed by atoms with Crippen LogP contribution in [0.1, 0.15) is 86.7 Å². The monoisotopic (exact) mass is 869 g/mol. The Hall–Kier alpha value is -5.94. The first-order valence-corrected chi connectivity index (χ1v) is 20.6. The number of carbonyl (C=O) groups excluding carboxylic acids is 6. The maximum absolute atomic E-state index is 15.5. The average Bonchev–Trinajstić information content (AvgIpc) is 3.24. The average molecular weight is 870 g/mol. The van der Waals surface area contributed by atoms with Gasteiger partial charge in [0.25, 0.3) is 5.91 Å². The summed E-state index contributed by atoms with van der Waals surface area (Å²) in [5.74, 6) is -7.18. The van der Waals surface area contributed by atoms with Gasteiger partial charge in [-0.1, -0.05) is 62.4 Å². The zero-order chi connectivity index (χ0) is 45.8. The molecule has 16 heteroatoms. The van der Waals surface area contributed by atoms with Crippen LogP contribution in [0.5, 0.6) is 5.75 Å². The molecule has 16 nitrogen and oxygen atoms in total. The van der Waals surface area contributed by atoms with E-state index < -0.39 is 113 Å². The number of fused-ring (bicyclic) bond motifs is 5. The fourth-order valence-corrected chi connectivity index (χ4v) is 10.2. The topological polar surface area (TPSA) is 242 Å². The molecule has 3 fully saturated rings. The molecule has 3 aromatic rings. The molecule has 1 heterocycles. The van der Waals surface area contributed by atoms with Gasteiger partial charge in [0, 0.05) is 37.7 Å². The molecule has 0 aromatic heterocycles. The Kier molecular flexibility index (Phi) is 11.9. The standard InChI is InChI=1S/C47H51NO15/c1-24-31(61-43(57)36(53)35(27-17-19-30(51)20-18-27)48-41(55)28-13-9-7-10-14-28)22-47(58)40(62-42(56)29-15-11-8-12-16-29)38-45(6,32(52)21-33-46(38,23-59-33)63-26(3)50)39(54)37(60-25(2)49)34(24)44(47,4)5/h7-20,31-33,35-38,40,51-53,58H,21-23H2,1-6H3,(H,48,55)/t31-,32-,33+,35-,36+,37+,38+,40-,45+,46-,47+/m0/s1. The van der Waals surface area contributed by atoms with E-state index in [1.165, 1.54) is 62.4 Å². The number of aliphatic hydroxyl groups is 3. The fourth-order valence-electron chi connectivity index (χ4n) is 10.2. The van der Waals surface area contributed by atoms with E-state index in [2.05, 4.69) is 5.32 Å². The third-order valence-corrected chi connectivity index (χ3v) is 13.6. The molecule has 0 radical (unpaired) electrons. The number of aromatic hydroxyl groups is 1. The highest BCUT2D eigenvalue weighted by molar-refractivity contribution is 5.96. The van der Waals surface area contributed by atoms with E-state index in [0.29, 0.717) is 0 Å². The van der Waals surface area contributed by atoms with Crippen LogP contribution in [0.2, 0.25) is 0 Å². The number of rotatable bonds is 10. The third-order valence-electron chi connectivity index (χ3n) is 13.6. The van der Waals surface area contributed by atoms with Gasteiger partial charge in [-0.2, -0.15) is 0 Å². The lowest BCUT2D eigenvalue weighted by Crippen LogP contribution is -2.82. The van der Waals surface area contributed by atoms with Crippen molar-refractivity contribution in [3.8, 4) is 5.75 Å². The van der Waals surface area contributed by atoms with Gasteiger partial charge >= 0.3 is 23.9 Å². The van der Waals surface area contributed by atoms with Crippen LogP contribution >= 0.6 is 0 Å². The number of phenolic OH excluding ortho intramolecular Hbond substituents is 1. The third kappa shape index (κ3) is 7.58. The molecule has 4 aliphatic rings. The van der Waals surface area contributed by atoms with Crippen molar-refractivity contribution in [1.82, 2.24) is 5.32 Å². The van der Waals surface area contributed by atoms with E-state index in [-0.39, 0.29) is 46.6 Å². The molecule has 1 aliphatic heterocycles. The Morgan fingerprint density at radius 3 is 2.00 bits per heavy atom. The van der Waals surface area contributed by atoms with Crippen LogP contribution in [-0.2, 0) is 42.9 Å². The number of phenols is 1. The zero-order valence-electron chi connectivity index (χ0n) is 35.6. The highest BCUT2D eigenvalue weighted by Crippen LogP contribution is 2.64. The Labute approximate surface area is 363 Å². The molecule has 2 bridgehead atoms. The Balaban J connectivity index is 1.39. The van der Waals surface area contributed by atoms with E-state index in [9.17, 15) is 44.4 Å². The highest BCUT2D eigenvalue weighted by Gasteiger charge is 2.78. The molecular weight excluding hydrogens is 819 g/mol. The summed E-state index contributed by atoms with van der Waals surface area (Å²) in [5.41, 5.74) is -7.39. The smallest absolute Gasteiger partial charge is 0.338 e. The van der Waals surface area contributed by atoms with Crippen LogP contribution in [0.25, 0.3) is 0 Å². The molecule has 5 N–H and O–H groups in total. The predicted molar refractivity (Wildman–Crippen MR) is 219 cm³/mol. The second-order valence-electron chi connectivity index (χ2n) is 17.5. The van der Waals surface area contributed by atoms with Crippen LogP contribution < -0.4 is 5.32 Å². The number of benzene rings is 3. The van der Waals surface area contributed by atoms with Gasteiger partial charge in [0.1, 0.15) is 29.7 Å². The number of carbonyl (C=O) groups is 6. The molecule has 63 heavy (non-hydrogen) atoms. The van der Waals surface area contributed by atoms with Crippen molar-refractivity contribution in [3.05, 3.63) is 113 Å². The number of nitrogens with one attached hydrogen (secondary N) is 1. The number of aliphatic hydroxyl groups excluding tert-OH is 2. The first-order valence-electron chi connectivity index (χ1n) is 20.6. The number of esters is 4. The number of hydrogen-bond donors (Lipinski definition) is 5. The summed E-state index contributed by atoms with van der Waals surface area (Å²) in [6.45, 7) is 7.86. The van der Waals surface area contributed by atoms with E-state index in [4.69, 9.17) is 23.7 Å². The maximum atomic E-state index is 15.5. The molecule has 334 valence electrons. The minimum absolute atomic E-state index is 0.0302. The lowest BCUT2D eigenvalue weighted by atomic mass is 9.44. The van der Waals surface area contributed by atoms with Crippen LogP contribution in [0.3, 0.4) is 0 Å². The van der Waals surface area contributed by atoms with Gasteiger partial charge in [-0.05, 0) is 67.0 Å². The van der Waals surface area contributed by atoms with Crippen LogP contribution in [0.4, 0.5) is 0 Å². The molecule has 2 saturated carbocycles. The van der Waals surface area contributed by atoms with Crippen molar-refractivity contribution in [2.24, 2.45) is 16.7 Å². The molecule has 3 aromatic carbocycles. The largest absolute Gasteiger partial charge is 0.508 e. The maximum Gasteiger partial charge on any atom is 0.338 e. The summed E-state index contributed by atoms with van der Waals surface area (Å²) in [6, 6.07) is 19.7. The van der Waals surface area contributed by atoms with E-state index in [1.54, 1.807) is 50.2 Å². The van der Waals surface area contributed by atoms with E-state index in [0.717, 1.165) is 13.8 Å². The summed E-state index contributed by atoms with van der Waals surface area (Å²) in [7, 11) is 0. The highest BCUT2D eigenvalue weighted by atomic mass is 16.6. The molecular formula is C47H51NO15. The molecule has 1 saturated heterocycles. The minimum Gasteiger partial charge on any atom is -0.508 e. The van der Waals surface area contributed by atoms with Gasteiger partial charge in [-0.3, -0.25) is 19.2 Å². The van der Waals surface area contributed by atoms with Gasteiger partial charge in [0.15, 0.2) is 23.6 Å². The summed E-state index contributed by atoms with van der Waals surface area (Å²) >= 11 is 0. The first kappa shape index (κ1) is 45.1. The first-order chi connectivity index (χ1) is 29.7. The molecule has 7 rings (SSSR count). The lowest BCUT2D eigenvalue weighted by Gasteiger charge is -2.67. The number of hydrogen-bond acceptors (Lipinski definition) is 15. The molecule has 11 atom stereocenters. The molecule has 0 spiro atoms. The number of ether oxygens (including phenoxy) is 5. The fraction of sp³-hybridized carbons (Fsp3) is 0.447. The predicted octanol–water partition coefficient (Wildman–Crippen LogP) is 3.44. The Morgan fingerprint density at radius 1 is 0.841 bits per heavy atom. The van der Waals surface area contributed by atoms with Crippen molar-refractivity contribution in [3.63, 3.8) is 0 Å². The summed E-state index contributed by atoms with van der Waals surface area (Å²) < 4.78 is 30.2. The van der Waals surface area contributed by atoms with Crippen molar-refractivity contribution >= 4 is 35.6 Å². The molecule has 3 aliphatic carbocycles. The van der Waals surface area contributed by atoms with Crippen LogP contribution in [0.15, 0.2) is 96.1 Å². The Morgan fingerprint density at radius 2 is 1.44 bits per heavy atom. The van der Waals surface area contributed by atoms with Crippen molar-refractivity contribution < 1.29 is 72.9 Å². The second-order valence-corrected chi connectivity index (χ2v) is 17.5. The molecule has 0 unspecified atom stereocenters. The van der Waals surface area contributed by atoms with Crippen molar-refractivity contribution in [2.75, 3.05) is 6.61 Å². The van der Waals surface area contributed by atoms with Crippen LogP contribution in [0, 0.1) is 16.7 Å². The van der Waals surface area contributed by atoms with Gasteiger partial charge < -0.3 is 49.4 Å². The van der Waals surface area contributed by atoms with Crippen molar-refractivity contribution in [1.29, 1.82) is 0 Å². The number of Topliss-reactive ketones (excluding diaryl/α,β-unsaturated/α-hetero) is 1. The van der Waals surface area contributed by atoms with Crippen molar-refractivity contribution in [2.45, 2.75) is 108 Å². The van der Waals surface area contributed by atoms with E-state index in [1.807, 2.05) is 0 Å². The minimum atomic E-state index is -2.42. The number of amides is 1. The second kappa shape index (κ2) is 16.6. The SMILES string of the molecule is CC(=O)O[C@H]1C(=O)[C@]2(C)[C@@H](O)C[C@H]3OC[C@@]3(OC(C)=O)[C@@H]2[C@H](OC(=O)c2ccccc2)[C@]2(O)C[C@H](OC(=O)[C@H](O)[C@@H](NC(=O)c3ccccc3)c3ccc(O)cc3)C(C)=C1C2(C)C. The lowest BCUT2D eigenvalue weighted by molar-refractivity contribution is -0.346. The summed E-state index contributed by atoms with van der Waals surface area (Å²) in [5, 5.41) is 50.2. The van der Waals surface area contributed by atoms with E-state index >= 15 is 4.79 Å². The Bertz CT molecular complexity index is 2330. The van der Waals surface area contributed by atoms with Gasteiger partial charge in [0.2, 0.25) is 0 Å². The normalized spacial score (nSPS) is 31.5. The van der Waals surface area contributed by atoms with Crippen LogP contribution in [-0.4, -0.2) is 110 Å². The molecule has 1 amide bonds. The van der Waals surface area contributed by atoms with Gasteiger partial charge in [0.05, 0.1) is 35.6 Å². The zero-order valence-corrected chi connectivity index (χ0v) is 35.6. The number of ketones is 1. The summed E-state index contributed by atoms with van der Waals surface area (Å²) in [6.07, 6.45) is -10.8. The van der Waals surface area contributed by atoms with Gasteiger partial charge in [-0.25, -0.2) is 9.59 Å². The quantitative estimate of drug-likeness (QED) is 0.111. The summed E-state index contributed by atoms with van der Waals surface area (Å²) in [4.78, 5) is 83.5.